The number of carbonyl (C=O) groups is 2. The zero-order valence-corrected chi connectivity index (χ0v) is 18.7. The van der Waals surface area contributed by atoms with Crippen LogP contribution in [0.3, 0.4) is 0 Å². The highest BCUT2D eigenvalue weighted by Gasteiger charge is 2.48. The topological polar surface area (TPSA) is 145 Å². The van der Waals surface area contributed by atoms with Crippen LogP contribution in [0.4, 0.5) is 0 Å². The van der Waals surface area contributed by atoms with E-state index in [2.05, 4.69) is 23.8 Å². The fourth-order valence-corrected chi connectivity index (χ4v) is 5.79. The molecular formula is C23H27N3O5S. The summed E-state index contributed by atoms with van der Waals surface area (Å²) in [6.07, 6.45) is 3.97. The maximum atomic E-state index is 11.6. The quantitative estimate of drug-likeness (QED) is 0.447. The molecule has 2 unspecified atom stereocenters. The summed E-state index contributed by atoms with van der Waals surface area (Å²) in [5.41, 5.74) is 8.38. The summed E-state index contributed by atoms with van der Waals surface area (Å²) in [7, 11) is 0. The second kappa shape index (κ2) is 11.7. The van der Waals surface area contributed by atoms with Crippen LogP contribution in [0.15, 0.2) is 42.0 Å². The minimum Gasteiger partial charge on any atom is -0.478 e. The lowest BCUT2D eigenvalue weighted by Crippen LogP contribution is -2.51. The maximum absolute atomic E-state index is 11.6. The van der Waals surface area contributed by atoms with Gasteiger partial charge in [0.2, 0.25) is 0 Å². The van der Waals surface area contributed by atoms with E-state index >= 15 is 0 Å². The van der Waals surface area contributed by atoms with E-state index in [-0.39, 0.29) is 16.8 Å². The molecule has 0 aliphatic carbocycles. The first-order chi connectivity index (χ1) is 15.2. The monoisotopic (exact) mass is 457 g/mol. The van der Waals surface area contributed by atoms with Gasteiger partial charge in [0.05, 0.1) is 17.0 Å². The number of piperidine rings is 1. The van der Waals surface area contributed by atoms with Gasteiger partial charge in [0, 0.05) is 41.5 Å². The molecule has 2 heterocycles. The van der Waals surface area contributed by atoms with Crippen molar-refractivity contribution in [2.24, 2.45) is 11.1 Å². The molecule has 2 aliphatic heterocycles. The molecule has 0 saturated carbocycles. The molecule has 9 heteroatoms. The van der Waals surface area contributed by atoms with Gasteiger partial charge in [-0.2, -0.15) is 5.26 Å². The van der Waals surface area contributed by atoms with E-state index in [4.69, 9.17) is 15.9 Å². The van der Waals surface area contributed by atoms with Crippen molar-refractivity contribution in [3.63, 3.8) is 0 Å². The fraction of sp³-hybridized carbons (Fsp3) is 0.435. The third-order valence-electron chi connectivity index (χ3n) is 5.63. The van der Waals surface area contributed by atoms with Crippen LogP contribution in [-0.2, 0) is 20.8 Å². The first-order valence-corrected chi connectivity index (χ1v) is 11.2. The lowest BCUT2D eigenvalue weighted by atomic mass is 9.76. The molecule has 2 saturated heterocycles. The number of carbonyl (C=O) groups excluding carboxylic acids is 1. The highest BCUT2D eigenvalue weighted by Crippen LogP contribution is 2.50. The molecule has 170 valence electrons. The number of likely N-dealkylation sites (tertiary alicyclic amines) is 1. The van der Waals surface area contributed by atoms with Crippen LogP contribution in [0.25, 0.3) is 0 Å². The normalized spacial score (nSPS) is 25.5. The van der Waals surface area contributed by atoms with Gasteiger partial charge in [0.25, 0.3) is 0 Å². The molecule has 1 aromatic carbocycles. The zero-order chi connectivity index (χ0) is 23.7. The van der Waals surface area contributed by atoms with Crippen LogP contribution in [0.1, 0.15) is 30.9 Å². The van der Waals surface area contributed by atoms with Crippen molar-refractivity contribution in [1.82, 2.24) is 4.90 Å². The van der Waals surface area contributed by atoms with Crippen molar-refractivity contribution in [2.45, 2.75) is 37.6 Å². The summed E-state index contributed by atoms with van der Waals surface area (Å²) in [6.45, 7) is 4.04. The van der Waals surface area contributed by atoms with Crippen molar-refractivity contribution < 1.29 is 24.6 Å². The Kier molecular flexibility index (Phi) is 9.24. The van der Waals surface area contributed by atoms with Gasteiger partial charge in [-0.3, -0.25) is 4.90 Å². The zero-order valence-electron chi connectivity index (χ0n) is 17.9. The second-order valence-electron chi connectivity index (χ2n) is 8.01. The van der Waals surface area contributed by atoms with Crippen molar-refractivity contribution in [1.29, 1.82) is 5.26 Å². The number of hydrogen-bond acceptors (Lipinski definition) is 7. The van der Waals surface area contributed by atoms with Gasteiger partial charge in [0.1, 0.15) is 5.94 Å². The minimum atomic E-state index is -1.26. The number of rotatable bonds is 5. The number of hydrogen-bond donors (Lipinski definition) is 3. The minimum absolute atomic E-state index is 0.208. The van der Waals surface area contributed by atoms with E-state index in [9.17, 15) is 19.6 Å². The van der Waals surface area contributed by atoms with Crippen molar-refractivity contribution in [3.05, 3.63) is 53.1 Å². The van der Waals surface area contributed by atoms with Gasteiger partial charge in [-0.15, -0.1) is 11.8 Å². The molecule has 1 aromatic rings. The van der Waals surface area contributed by atoms with Gasteiger partial charge in [-0.1, -0.05) is 25.1 Å². The predicted octanol–water partition coefficient (Wildman–Crippen LogP) is 2.07. The third-order valence-corrected chi connectivity index (χ3v) is 7.22. The first kappa shape index (κ1) is 25.4. The number of thioether (sulfide) groups is 1. The van der Waals surface area contributed by atoms with E-state index < -0.39 is 11.9 Å². The Balaban J connectivity index is 0.000000390. The summed E-state index contributed by atoms with van der Waals surface area (Å²) in [5.74, 6) is 0.397. The lowest BCUT2D eigenvalue weighted by molar-refractivity contribution is -0.134. The molecule has 4 N–H and O–H groups in total. The van der Waals surface area contributed by atoms with E-state index in [0.717, 1.165) is 37.1 Å². The highest BCUT2D eigenvalue weighted by molar-refractivity contribution is 8.00. The van der Waals surface area contributed by atoms with E-state index in [0.29, 0.717) is 29.9 Å². The van der Waals surface area contributed by atoms with Crippen molar-refractivity contribution in [2.75, 3.05) is 18.8 Å². The number of nitrogens with zero attached hydrogens (tertiary/aromatic N) is 2. The van der Waals surface area contributed by atoms with Gasteiger partial charge >= 0.3 is 11.9 Å². The number of carboxylic acids is 2. The average molecular weight is 458 g/mol. The van der Waals surface area contributed by atoms with Crippen LogP contribution < -0.4 is 5.73 Å². The smallest absolute Gasteiger partial charge is 0.328 e. The van der Waals surface area contributed by atoms with Gasteiger partial charge in [0.15, 0.2) is 0 Å². The Morgan fingerprint density at radius 1 is 1.31 bits per heavy atom. The van der Waals surface area contributed by atoms with Crippen molar-refractivity contribution >= 4 is 29.6 Å². The Morgan fingerprint density at radius 2 is 1.97 bits per heavy atom. The average Bonchev–Trinajstić information content (AvgIpc) is 3.08. The number of benzene rings is 1. The number of nitriles is 1. The standard InChI is InChI=1S/C19H23N3OS.C4H4O4/c1-19(9-14-5-2-3-6-15(14)10-20)16(12-23)13-24-18(19)22-8-4-7-17(21)11-22;5-3(6)1-2-4(7)8/h2-3,5-6,17-18H,4,7-9,11,13,21H2,1H3;1-2H,(H,5,6)(H,7,8)/b;2-1-/t17?,18-,19?;/m1./s1. The largest absolute Gasteiger partial charge is 0.478 e. The Labute approximate surface area is 191 Å². The second-order valence-corrected chi connectivity index (χ2v) is 9.08. The Bertz CT molecular complexity index is 951. The molecule has 0 aromatic heterocycles. The SMILES string of the molecule is CC1(Cc2ccccc2C#N)C(=C=O)CS[C@H]1N1CCCC(N)C1.O=C(O)/C=C\C(=O)O. The molecule has 3 rings (SSSR count). The number of aliphatic carboxylic acids is 2. The van der Waals surface area contributed by atoms with E-state index in [1.165, 1.54) is 0 Å². The Morgan fingerprint density at radius 3 is 2.53 bits per heavy atom. The highest BCUT2D eigenvalue weighted by atomic mass is 32.2. The van der Waals surface area contributed by atoms with E-state index in [1.807, 2.05) is 36.0 Å². The fourth-order valence-electron chi connectivity index (χ4n) is 4.08. The van der Waals surface area contributed by atoms with E-state index in [1.54, 1.807) is 0 Å². The van der Waals surface area contributed by atoms with Crippen molar-refractivity contribution in [3.8, 4) is 6.07 Å². The van der Waals surface area contributed by atoms with Gasteiger partial charge in [-0.05, 0) is 37.4 Å². The molecule has 0 amide bonds. The summed E-state index contributed by atoms with van der Waals surface area (Å²) in [5, 5.41) is 25.2. The maximum Gasteiger partial charge on any atom is 0.328 e. The Hall–Kier alpha value is -2.89. The summed E-state index contributed by atoms with van der Waals surface area (Å²) in [6, 6.07) is 10.2. The summed E-state index contributed by atoms with van der Waals surface area (Å²) in [4.78, 5) is 33.1. The molecule has 0 spiro atoms. The first-order valence-electron chi connectivity index (χ1n) is 10.2. The van der Waals surface area contributed by atoms with Crippen LogP contribution in [0.2, 0.25) is 0 Å². The third kappa shape index (κ3) is 6.55. The van der Waals surface area contributed by atoms with Gasteiger partial charge < -0.3 is 15.9 Å². The molecule has 0 radical (unpaired) electrons. The molecule has 3 atom stereocenters. The molecule has 32 heavy (non-hydrogen) atoms. The van der Waals surface area contributed by atoms with Gasteiger partial charge in [-0.25, -0.2) is 14.4 Å². The molecular weight excluding hydrogens is 430 g/mol. The molecule has 0 bridgehead atoms. The van der Waals surface area contributed by atoms with Crippen LogP contribution in [0, 0.1) is 16.7 Å². The summed E-state index contributed by atoms with van der Waals surface area (Å²) >= 11 is 1.81. The number of nitrogens with two attached hydrogens (primary N) is 1. The number of carboxylic acid groups (broad SMARTS) is 2. The lowest BCUT2D eigenvalue weighted by Gasteiger charge is -2.42. The van der Waals surface area contributed by atoms with Crippen LogP contribution >= 0.6 is 11.8 Å². The molecule has 8 nitrogen and oxygen atoms in total. The predicted molar refractivity (Wildman–Crippen MR) is 122 cm³/mol. The summed E-state index contributed by atoms with van der Waals surface area (Å²) < 4.78 is 0. The molecule has 2 aliphatic rings. The van der Waals surface area contributed by atoms with Crippen LogP contribution in [-0.4, -0.2) is 63.3 Å². The molecule has 2 fully saturated rings. The van der Waals surface area contributed by atoms with Crippen LogP contribution in [0.5, 0.6) is 0 Å².